The van der Waals surface area contributed by atoms with E-state index in [4.69, 9.17) is 12.2 Å². The molecule has 2 fully saturated rings. The molecule has 0 aliphatic carbocycles. The molecule has 2 rings (SSSR count). The van der Waals surface area contributed by atoms with E-state index in [2.05, 4.69) is 16.7 Å². The summed E-state index contributed by atoms with van der Waals surface area (Å²) in [6.45, 7) is 7.25. The molecule has 0 aromatic carbocycles. The van der Waals surface area contributed by atoms with Gasteiger partial charge in [0.25, 0.3) is 0 Å². The van der Waals surface area contributed by atoms with Gasteiger partial charge in [0.2, 0.25) is 5.91 Å². The molecular formula is C15H26N2OS2. The number of hydrogen-bond donors (Lipinski definition) is 0. The van der Waals surface area contributed by atoms with Crippen molar-refractivity contribution in [3.8, 4) is 0 Å². The van der Waals surface area contributed by atoms with Crippen molar-refractivity contribution in [2.45, 2.75) is 63.7 Å². The minimum atomic E-state index is -0.0461. The van der Waals surface area contributed by atoms with Crippen molar-refractivity contribution in [2.75, 3.05) is 19.6 Å². The van der Waals surface area contributed by atoms with Gasteiger partial charge in [-0.1, -0.05) is 30.9 Å². The van der Waals surface area contributed by atoms with Crippen LogP contribution in [-0.2, 0) is 4.79 Å². The Kier molecular flexibility index (Phi) is 6.15. The smallest absolute Gasteiger partial charge is 0.236 e. The van der Waals surface area contributed by atoms with Crippen molar-refractivity contribution < 1.29 is 4.79 Å². The summed E-state index contributed by atoms with van der Waals surface area (Å²) in [6, 6.07) is 0.444. The molecule has 0 aromatic heterocycles. The summed E-state index contributed by atoms with van der Waals surface area (Å²) in [6.07, 6.45) is 7.10. The van der Waals surface area contributed by atoms with Crippen molar-refractivity contribution in [3.63, 3.8) is 0 Å². The maximum absolute atomic E-state index is 12.6. The van der Waals surface area contributed by atoms with E-state index < -0.39 is 0 Å². The lowest BCUT2D eigenvalue weighted by Gasteiger charge is -2.37. The Bertz CT molecular complexity index is 356. The van der Waals surface area contributed by atoms with Crippen LogP contribution >= 0.6 is 24.0 Å². The summed E-state index contributed by atoms with van der Waals surface area (Å²) >= 11 is 7.06. The average Bonchev–Trinajstić information content (AvgIpc) is 3.00. The number of carbonyl (C=O) groups excluding carboxylic acids is 1. The fourth-order valence-corrected chi connectivity index (χ4v) is 4.61. The molecule has 0 aromatic rings. The molecule has 0 saturated carbocycles. The highest BCUT2D eigenvalue weighted by molar-refractivity contribution is 8.23. The Hall–Kier alpha value is -0.290. The summed E-state index contributed by atoms with van der Waals surface area (Å²) in [4.78, 5) is 17.0. The number of piperidine rings is 1. The van der Waals surface area contributed by atoms with Crippen LogP contribution in [0.3, 0.4) is 0 Å². The van der Waals surface area contributed by atoms with Crippen LogP contribution in [0.5, 0.6) is 0 Å². The number of carbonyl (C=O) groups is 1. The third-order valence-electron chi connectivity index (χ3n) is 4.37. The van der Waals surface area contributed by atoms with Gasteiger partial charge < -0.3 is 9.80 Å². The van der Waals surface area contributed by atoms with Gasteiger partial charge in [-0.2, -0.15) is 0 Å². The van der Waals surface area contributed by atoms with Crippen LogP contribution in [-0.4, -0.2) is 51.0 Å². The largest absolute Gasteiger partial charge is 0.358 e. The zero-order chi connectivity index (χ0) is 14.5. The van der Waals surface area contributed by atoms with Gasteiger partial charge in [0.1, 0.15) is 4.32 Å². The topological polar surface area (TPSA) is 23.6 Å². The van der Waals surface area contributed by atoms with E-state index in [1.54, 1.807) is 11.8 Å². The van der Waals surface area contributed by atoms with E-state index in [9.17, 15) is 4.79 Å². The summed E-state index contributed by atoms with van der Waals surface area (Å²) in [7, 11) is 0. The van der Waals surface area contributed by atoms with Crippen molar-refractivity contribution in [1.29, 1.82) is 0 Å². The lowest BCUT2D eigenvalue weighted by molar-refractivity contribution is -0.134. The van der Waals surface area contributed by atoms with E-state index >= 15 is 0 Å². The summed E-state index contributed by atoms with van der Waals surface area (Å²) in [5.74, 6) is 0.281. The quantitative estimate of drug-likeness (QED) is 0.746. The maximum atomic E-state index is 12.6. The van der Waals surface area contributed by atoms with Gasteiger partial charge in [-0.25, -0.2) is 0 Å². The summed E-state index contributed by atoms with van der Waals surface area (Å²) in [5.41, 5.74) is 0. The summed E-state index contributed by atoms with van der Waals surface area (Å²) in [5, 5.41) is -0.0461. The second-order valence-corrected chi connectivity index (χ2v) is 7.78. The van der Waals surface area contributed by atoms with Crippen molar-refractivity contribution >= 4 is 34.2 Å². The zero-order valence-electron chi connectivity index (χ0n) is 12.6. The van der Waals surface area contributed by atoms with Gasteiger partial charge in [-0.15, -0.1) is 0 Å². The zero-order valence-corrected chi connectivity index (χ0v) is 14.3. The Morgan fingerprint density at radius 1 is 1.25 bits per heavy atom. The molecule has 2 atom stereocenters. The van der Waals surface area contributed by atoms with Crippen LogP contribution in [0.15, 0.2) is 0 Å². The number of hydrogen-bond acceptors (Lipinski definition) is 3. The van der Waals surface area contributed by atoms with Crippen molar-refractivity contribution in [2.24, 2.45) is 0 Å². The SMILES string of the molecule is CCC1CCCCN1C(=O)C(C)SC(=S)N1CCCC1. The van der Waals surface area contributed by atoms with Crippen LogP contribution in [0.25, 0.3) is 0 Å². The molecule has 5 heteroatoms. The first-order chi connectivity index (χ1) is 9.63. The number of thiocarbonyl (C=S) groups is 1. The third-order valence-corrected chi connectivity index (χ3v) is 5.93. The lowest BCUT2D eigenvalue weighted by Crippen LogP contribution is -2.47. The minimum Gasteiger partial charge on any atom is -0.358 e. The van der Waals surface area contributed by atoms with Crippen molar-refractivity contribution in [1.82, 2.24) is 9.80 Å². The average molecular weight is 315 g/mol. The van der Waals surface area contributed by atoms with Crippen LogP contribution in [0.4, 0.5) is 0 Å². The molecule has 20 heavy (non-hydrogen) atoms. The Morgan fingerprint density at radius 2 is 1.90 bits per heavy atom. The third kappa shape index (κ3) is 3.88. The molecule has 2 aliphatic heterocycles. The molecular weight excluding hydrogens is 288 g/mol. The summed E-state index contributed by atoms with van der Waals surface area (Å²) < 4.78 is 0.911. The Labute approximate surface area is 132 Å². The molecule has 2 heterocycles. The molecule has 0 N–H and O–H groups in total. The van der Waals surface area contributed by atoms with E-state index in [-0.39, 0.29) is 11.2 Å². The van der Waals surface area contributed by atoms with Gasteiger partial charge in [0.05, 0.1) is 5.25 Å². The van der Waals surface area contributed by atoms with Crippen LogP contribution < -0.4 is 0 Å². The van der Waals surface area contributed by atoms with E-state index in [1.807, 2.05) is 6.92 Å². The molecule has 0 radical (unpaired) electrons. The molecule has 3 nitrogen and oxygen atoms in total. The first-order valence-corrected chi connectivity index (χ1v) is 9.18. The van der Waals surface area contributed by atoms with Crippen molar-refractivity contribution in [3.05, 3.63) is 0 Å². The number of nitrogens with zero attached hydrogens (tertiary/aromatic N) is 2. The highest BCUT2D eigenvalue weighted by Crippen LogP contribution is 2.25. The number of amides is 1. The number of rotatable bonds is 3. The second kappa shape index (κ2) is 7.64. The molecule has 2 unspecified atom stereocenters. The van der Waals surface area contributed by atoms with Crippen LogP contribution in [0, 0.1) is 0 Å². The Morgan fingerprint density at radius 3 is 2.55 bits per heavy atom. The van der Waals surface area contributed by atoms with Gasteiger partial charge in [0.15, 0.2) is 0 Å². The first kappa shape index (κ1) is 16.1. The molecule has 2 saturated heterocycles. The standard InChI is InChI=1S/C15H26N2OS2/c1-3-13-8-4-5-11-17(13)14(18)12(2)20-15(19)16-9-6-7-10-16/h12-13H,3-11H2,1-2H3. The number of likely N-dealkylation sites (tertiary alicyclic amines) is 2. The highest BCUT2D eigenvalue weighted by atomic mass is 32.2. The highest BCUT2D eigenvalue weighted by Gasteiger charge is 2.30. The minimum absolute atomic E-state index is 0.0461. The molecule has 1 amide bonds. The van der Waals surface area contributed by atoms with Crippen LogP contribution in [0.1, 0.15) is 52.4 Å². The molecule has 2 aliphatic rings. The fourth-order valence-electron chi connectivity index (χ4n) is 3.12. The predicted molar refractivity (Wildman–Crippen MR) is 90.1 cm³/mol. The predicted octanol–water partition coefficient (Wildman–Crippen LogP) is 3.28. The van der Waals surface area contributed by atoms with Crippen LogP contribution in [0.2, 0.25) is 0 Å². The lowest BCUT2D eigenvalue weighted by atomic mass is 10.00. The van der Waals surface area contributed by atoms with E-state index in [1.165, 1.54) is 19.3 Å². The van der Waals surface area contributed by atoms with Gasteiger partial charge in [-0.05, 0) is 45.4 Å². The normalized spacial score (nSPS) is 24.8. The fraction of sp³-hybridized carbons (Fsp3) is 0.867. The van der Waals surface area contributed by atoms with Gasteiger partial charge in [0, 0.05) is 25.7 Å². The van der Waals surface area contributed by atoms with E-state index in [0.29, 0.717) is 6.04 Å². The molecule has 114 valence electrons. The van der Waals surface area contributed by atoms with Gasteiger partial charge >= 0.3 is 0 Å². The molecule has 0 spiro atoms. The molecule has 0 bridgehead atoms. The first-order valence-electron chi connectivity index (χ1n) is 7.89. The monoisotopic (exact) mass is 314 g/mol. The Balaban J connectivity index is 1.88. The van der Waals surface area contributed by atoms with Gasteiger partial charge in [-0.3, -0.25) is 4.79 Å². The van der Waals surface area contributed by atoms with E-state index in [0.717, 1.165) is 43.2 Å². The maximum Gasteiger partial charge on any atom is 0.236 e. The number of thioether (sulfide) groups is 1. The second-order valence-electron chi connectivity index (χ2n) is 5.81.